The van der Waals surface area contributed by atoms with E-state index in [-0.39, 0.29) is 0 Å². The molecule has 2 aliphatic heterocycles. The highest BCUT2D eigenvalue weighted by Crippen LogP contribution is 2.46. The second-order valence-electron chi connectivity index (χ2n) is 4.93. The molecule has 2 heterocycles. The van der Waals surface area contributed by atoms with Crippen LogP contribution in [-0.2, 0) is 0 Å². The van der Waals surface area contributed by atoms with Crippen molar-refractivity contribution in [3.8, 4) is 0 Å². The number of hydrogen-bond acceptors (Lipinski definition) is 2. The predicted molar refractivity (Wildman–Crippen MR) is 62.6 cm³/mol. The molecule has 1 saturated carbocycles. The van der Waals surface area contributed by atoms with Crippen LogP contribution in [0.25, 0.3) is 0 Å². The summed E-state index contributed by atoms with van der Waals surface area (Å²) in [5.41, 5.74) is 0. The Labute approximate surface area is 89.6 Å². The highest BCUT2D eigenvalue weighted by Gasteiger charge is 2.34. The van der Waals surface area contributed by atoms with Crippen molar-refractivity contribution in [2.45, 2.75) is 42.6 Å². The van der Waals surface area contributed by atoms with Gasteiger partial charge in [-0.3, -0.25) is 0 Å². The first-order valence-corrected chi connectivity index (χ1v) is 7.73. The molecule has 0 aromatic carbocycles. The lowest BCUT2D eigenvalue weighted by Crippen LogP contribution is -2.01. The molecule has 4 atom stereocenters. The molecular formula is C11H18S2. The molecule has 0 aromatic heterocycles. The van der Waals surface area contributed by atoms with E-state index in [1.807, 2.05) is 0 Å². The predicted octanol–water partition coefficient (Wildman–Crippen LogP) is 3.41. The number of hydrogen-bond donors (Lipinski definition) is 0. The van der Waals surface area contributed by atoms with E-state index >= 15 is 0 Å². The molecule has 0 N–H and O–H groups in total. The number of thioether (sulfide) groups is 2. The highest BCUT2D eigenvalue weighted by atomic mass is 32.2. The van der Waals surface area contributed by atoms with Crippen LogP contribution in [0.4, 0.5) is 0 Å². The zero-order valence-electron chi connectivity index (χ0n) is 8.08. The van der Waals surface area contributed by atoms with Crippen LogP contribution in [0.2, 0.25) is 0 Å². The first-order chi connectivity index (χ1) is 6.40. The van der Waals surface area contributed by atoms with Crippen molar-refractivity contribution in [3.05, 3.63) is 0 Å². The van der Waals surface area contributed by atoms with Gasteiger partial charge >= 0.3 is 0 Å². The van der Waals surface area contributed by atoms with E-state index in [4.69, 9.17) is 0 Å². The zero-order chi connectivity index (χ0) is 8.67. The monoisotopic (exact) mass is 214 g/mol. The van der Waals surface area contributed by atoms with Gasteiger partial charge in [0.15, 0.2) is 0 Å². The fraction of sp³-hybridized carbons (Fsp3) is 1.00. The summed E-state index contributed by atoms with van der Waals surface area (Å²) in [6, 6.07) is 0. The van der Waals surface area contributed by atoms with Gasteiger partial charge in [0.25, 0.3) is 0 Å². The molecule has 0 nitrogen and oxygen atoms in total. The van der Waals surface area contributed by atoms with Crippen LogP contribution in [0.15, 0.2) is 0 Å². The summed E-state index contributed by atoms with van der Waals surface area (Å²) in [6.45, 7) is 0. The smallest absolute Gasteiger partial charge is 0.0141 e. The van der Waals surface area contributed by atoms with Gasteiger partial charge in [-0.1, -0.05) is 12.8 Å². The van der Waals surface area contributed by atoms with Gasteiger partial charge in [0.1, 0.15) is 0 Å². The van der Waals surface area contributed by atoms with E-state index in [9.17, 15) is 0 Å². The molecule has 3 aliphatic rings. The Kier molecular flexibility index (Phi) is 2.55. The normalized spacial score (nSPS) is 48.0. The summed E-state index contributed by atoms with van der Waals surface area (Å²) < 4.78 is 0. The maximum Gasteiger partial charge on any atom is 0.0141 e. The average molecular weight is 214 g/mol. The summed E-state index contributed by atoms with van der Waals surface area (Å²) in [4.78, 5) is 0. The van der Waals surface area contributed by atoms with Gasteiger partial charge in [-0.15, -0.1) is 0 Å². The molecule has 0 radical (unpaired) electrons. The van der Waals surface area contributed by atoms with Crippen molar-refractivity contribution in [1.29, 1.82) is 0 Å². The fourth-order valence-electron chi connectivity index (χ4n) is 2.76. The Bertz CT molecular complexity index is 165. The minimum Gasteiger partial charge on any atom is -0.157 e. The standard InChI is InChI=1S/C11H18S2/c1-2-9(5-11-7-13-11)3-8(1)4-10-6-12-10/h8-11H,1-7H2. The van der Waals surface area contributed by atoms with E-state index in [1.165, 1.54) is 11.5 Å². The van der Waals surface area contributed by atoms with Gasteiger partial charge in [-0.2, -0.15) is 23.5 Å². The maximum atomic E-state index is 2.18. The Balaban J connectivity index is 1.41. The lowest BCUT2D eigenvalue weighted by atomic mass is 9.98. The molecule has 2 heteroatoms. The van der Waals surface area contributed by atoms with Gasteiger partial charge < -0.3 is 0 Å². The lowest BCUT2D eigenvalue weighted by Gasteiger charge is -2.09. The third-order valence-corrected chi connectivity index (χ3v) is 5.64. The first kappa shape index (κ1) is 8.96. The zero-order valence-corrected chi connectivity index (χ0v) is 9.71. The molecule has 4 unspecified atom stereocenters. The van der Waals surface area contributed by atoms with Gasteiger partial charge in [-0.05, 0) is 31.1 Å². The molecule has 13 heavy (non-hydrogen) atoms. The van der Waals surface area contributed by atoms with Crippen molar-refractivity contribution < 1.29 is 0 Å². The van der Waals surface area contributed by atoms with Crippen LogP contribution in [-0.4, -0.2) is 22.0 Å². The molecule has 74 valence electrons. The van der Waals surface area contributed by atoms with Crippen LogP contribution in [0.1, 0.15) is 32.1 Å². The van der Waals surface area contributed by atoms with Gasteiger partial charge in [0, 0.05) is 22.0 Å². The quantitative estimate of drug-likeness (QED) is 0.658. The van der Waals surface area contributed by atoms with E-state index in [2.05, 4.69) is 23.5 Å². The van der Waals surface area contributed by atoms with Gasteiger partial charge in [0.2, 0.25) is 0 Å². The van der Waals surface area contributed by atoms with Crippen LogP contribution in [0, 0.1) is 11.8 Å². The van der Waals surface area contributed by atoms with Gasteiger partial charge in [0.05, 0.1) is 0 Å². The van der Waals surface area contributed by atoms with E-state index < -0.39 is 0 Å². The molecule has 0 amide bonds. The van der Waals surface area contributed by atoms with E-state index in [1.54, 1.807) is 32.1 Å². The summed E-state index contributed by atoms with van der Waals surface area (Å²) in [5.74, 6) is 5.18. The van der Waals surface area contributed by atoms with Crippen molar-refractivity contribution >= 4 is 23.5 Å². The highest BCUT2D eigenvalue weighted by molar-refractivity contribution is 8.07. The average Bonchev–Trinajstić information content (AvgIpc) is 2.96. The Morgan fingerprint density at radius 3 is 1.69 bits per heavy atom. The minimum absolute atomic E-state index is 1.08. The Hall–Kier alpha value is 0.700. The summed E-state index contributed by atoms with van der Waals surface area (Å²) in [6.07, 6.45) is 7.80. The largest absolute Gasteiger partial charge is 0.157 e. The van der Waals surface area contributed by atoms with Crippen LogP contribution >= 0.6 is 23.5 Å². The number of rotatable bonds is 4. The van der Waals surface area contributed by atoms with Crippen molar-refractivity contribution in [3.63, 3.8) is 0 Å². The molecule has 3 rings (SSSR count). The van der Waals surface area contributed by atoms with E-state index in [0.29, 0.717) is 0 Å². The molecule has 1 aliphatic carbocycles. The van der Waals surface area contributed by atoms with Gasteiger partial charge in [-0.25, -0.2) is 0 Å². The van der Waals surface area contributed by atoms with E-state index in [0.717, 1.165) is 22.3 Å². The third kappa shape index (κ3) is 2.59. The van der Waals surface area contributed by atoms with Crippen molar-refractivity contribution in [2.24, 2.45) is 11.8 Å². The Morgan fingerprint density at radius 1 is 0.846 bits per heavy atom. The first-order valence-electron chi connectivity index (χ1n) is 5.63. The molecule has 2 saturated heterocycles. The molecule has 0 spiro atoms. The second kappa shape index (κ2) is 3.69. The molecule has 3 fully saturated rings. The van der Waals surface area contributed by atoms with Crippen LogP contribution in [0.3, 0.4) is 0 Å². The maximum absolute atomic E-state index is 2.18. The Morgan fingerprint density at radius 2 is 1.31 bits per heavy atom. The summed E-state index contributed by atoms with van der Waals surface area (Å²) in [7, 11) is 0. The van der Waals surface area contributed by atoms with Crippen LogP contribution < -0.4 is 0 Å². The van der Waals surface area contributed by atoms with Crippen molar-refractivity contribution in [1.82, 2.24) is 0 Å². The fourth-order valence-corrected chi connectivity index (χ4v) is 4.12. The third-order valence-electron chi connectivity index (χ3n) is 3.65. The molecule has 0 aromatic rings. The second-order valence-corrected chi connectivity index (χ2v) is 7.59. The summed E-state index contributed by atoms with van der Waals surface area (Å²) >= 11 is 4.36. The summed E-state index contributed by atoms with van der Waals surface area (Å²) in [5, 5.41) is 2.16. The van der Waals surface area contributed by atoms with Crippen molar-refractivity contribution in [2.75, 3.05) is 11.5 Å². The topological polar surface area (TPSA) is 0 Å². The molecular weight excluding hydrogens is 196 g/mol. The molecule has 0 bridgehead atoms. The minimum atomic E-state index is 1.08. The van der Waals surface area contributed by atoms with Crippen LogP contribution in [0.5, 0.6) is 0 Å². The lowest BCUT2D eigenvalue weighted by molar-refractivity contribution is 0.457. The SMILES string of the molecule is C1CC(CC2CS2)CC1CC1CS1.